The van der Waals surface area contributed by atoms with Crippen LogP contribution in [0.2, 0.25) is 0 Å². The van der Waals surface area contributed by atoms with E-state index in [1.165, 1.54) is 0 Å². The Balaban J connectivity index is -0.000000159. The summed E-state index contributed by atoms with van der Waals surface area (Å²) in [5, 5.41) is 308. The minimum Gasteiger partial charge on any atom is -0.396 e. The molecule has 0 aliphatic heterocycles. The molecule has 0 fully saturated rings. The molecule has 0 unspecified atom stereocenters. The first-order valence-corrected chi connectivity index (χ1v) is 29.6. The fourth-order valence-electron chi connectivity index (χ4n) is 5.09. The van der Waals surface area contributed by atoms with E-state index in [0.717, 1.165) is 0 Å². The maximum Gasteiger partial charge on any atom is 0.151 e. The van der Waals surface area contributed by atoms with Crippen LogP contribution in [0.1, 0.15) is 40.0 Å². The van der Waals surface area contributed by atoms with Crippen LogP contribution in [0.4, 0.5) is 0 Å². The van der Waals surface area contributed by atoms with Gasteiger partial charge in [-0.15, -0.1) is 0 Å². The van der Waals surface area contributed by atoms with E-state index in [9.17, 15) is 50.8 Å². The molecule has 0 heterocycles. The molecule has 39 heteroatoms. The van der Waals surface area contributed by atoms with Crippen molar-refractivity contribution in [1.29, 1.82) is 0 Å². The van der Waals surface area contributed by atoms with E-state index in [-0.39, 0.29) is 112 Å². The van der Waals surface area contributed by atoms with Crippen molar-refractivity contribution in [3.8, 4) is 0 Å². The second kappa shape index (κ2) is 64.3. The summed E-state index contributed by atoms with van der Waals surface area (Å²) < 4.78 is 15.9. The maximum atomic E-state index is 9.90. The first-order chi connectivity index (χ1) is 44.6. The van der Waals surface area contributed by atoms with E-state index in [2.05, 4.69) is 0 Å². The van der Waals surface area contributed by atoms with Gasteiger partial charge in [-0.25, -0.2) is 0 Å². The van der Waals surface area contributed by atoms with E-state index in [4.69, 9.17) is 147 Å². The van der Waals surface area contributed by atoms with Gasteiger partial charge in [0, 0.05) is 24.0 Å². The Morgan fingerprint density at radius 1 is 0.305 bits per heavy atom. The van der Waals surface area contributed by atoms with Gasteiger partial charge >= 0.3 is 0 Å². The minimum absolute atomic E-state index is 0.0258. The zero-order valence-electron chi connectivity index (χ0n) is 55.1. The first-order valence-electron chi connectivity index (χ1n) is 29.6. The highest BCUT2D eigenvalue weighted by atomic mass is 16.5. The smallest absolute Gasteiger partial charge is 0.151 e. The third kappa shape index (κ3) is 47.8. The lowest BCUT2D eigenvalue weighted by Crippen LogP contribution is -2.46. The summed E-state index contributed by atoms with van der Waals surface area (Å²) in [6, 6.07) is 0. The lowest BCUT2D eigenvalue weighted by molar-refractivity contribution is -0.136. The molecule has 0 aliphatic carbocycles. The molecule has 0 aliphatic rings. The molecule has 0 aromatic rings. The van der Waals surface area contributed by atoms with Gasteiger partial charge in [-0.05, 0) is 26.2 Å². The highest BCUT2D eigenvalue weighted by Gasteiger charge is 2.37. The highest BCUT2D eigenvalue weighted by Crippen LogP contribution is 2.24. The van der Waals surface area contributed by atoms with Crippen molar-refractivity contribution in [2.45, 2.75) is 76.2 Å². The summed E-state index contributed by atoms with van der Waals surface area (Å²) in [5.41, 5.74) is -9.39. The van der Waals surface area contributed by atoms with Gasteiger partial charge in [-0.3, -0.25) is 0 Å². The van der Waals surface area contributed by atoms with Crippen LogP contribution >= 0.6 is 0 Å². The van der Waals surface area contributed by atoms with Crippen LogP contribution in [0, 0.1) is 43.3 Å². The number of aliphatic hydroxyl groups is 35. The number of rotatable bonds is 48. The lowest BCUT2D eigenvalue weighted by atomic mass is 9.88. The van der Waals surface area contributed by atoms with Crippen molar-refractivity contribution in [2.24, 2.45) is 43.3 Å². The van der Waals surface area contributed by atoms with Gasteiger partial charge in [-0.2, -0.15) is 0 Å². The van der Waals surface area contributed by atoms with Crippen LogP contribution < -0.4 is 0 Å². The molecular weight excluding hydrogens is 1300 g/mol. The second-order valence-electron chi connectivity index (χ2n) is 23.8. The van der Waals surface area contributed by atoms with Crippen molar-refractivity contribution in [3.63, 3.8) is 0 Å². The van der Waals surface area contributed by atoms with Crippen molar-refractivity contribution >= 4 is 6.29 Å². The van der Waals surface area contributed by atoms with Crippen LogP contribution in [0.25, 0.3) is 0 Å². The normalized spacial score (nSPS) is 13.6. The summed E-state index contributed by atoms with van der Waals surface area (Å²) in [4.78, 5) is 9.90. The van der Waals surface area contributed by atoms with Crippen molar-refractivity contribution in [2.75, 3.05) is 231 Å². The van der Waals surface area contributed by atoms with Crippen molar-refractivity contribution in [3.05, 3.63) is 0 Å². The molecule has 0 aromatic carbocycles. The summed E-state index contributed by atoms with van der Waals surface area (Å²) in [6.45, 7) is -7.00. The van der Waals surface area contributed by atoms with Gasteiger partial charge in [0.25, 0.3) is 0 Å². The van der Waals surface area contributed by atoms with Crippen LogP contribution in [0.3, 0.4) is 0 Å². The number of carbonyl (C=O) groups is 1. The first kappa shape index (κ1) is 109. The summed E-state index contributed by atoms with van der Waals surface area (Å²) in [5.74, 6) is 0. The average molecular weight is 1420 g/mol. The lowest BCUT2D eigenvalue weighted by Gasteiger charge is -2.34. The predicted octanol–water partition coefficient (Wildman–Crippen LogP) is -16.4. The predicted molar refractivity (Wildman–Crippen MR) is 329 cm³/mol. The molecule has 0 rings (SSSR count). The number of carbonyl (C=O) groups excluding carboxylic acids is 1. The van der Waals surface area contributed by atoms with E-state index in [0.29, 0.717) is 19.3 Å². The zero-order chi connectivity index (χ0) is 76.1. The van der Waals surface area contributed by atoms with Gasteiger partial charge in [0.15, 0.2) is 6.29 Å². The van der Waals surface area contributed by atoms with Gasteiger partial charge in [0.05, 0.1) is 256 Å². The monoisotopic (exact) mass is 1420 g/mol. The topological polar surface area (TPSA) is 753 Å². The van der Waals surface area contributed by atoms with Crippen molar-refractivity contribution in [1.82, 2.24) is 0 Å². The molecule has 0 amide bonds. The van der Waals surface area contributed by atoms with Gasteiger partial charge in [0.1, 0.15) is 30.5 Å². The third-order valence-corrected chi connectivity index (χ3v) is 14.5. The van der Waals surface area contributed by atoms with Crippen LogP contribution in [-0.2, 0) is 19.0 Å². The number of aldehydes is 1. The molecule has 0 saturated carbocycles. The highest BCUT2D eigenvalue weighted by molar-refractivity contribution is 5.56. The summed E-state index contributed by atoms with van der Waals surface area (Å²) in [7, 11) is 0. The number of aliphatic hydroxyl groups excluding tert-OH is 34. The van der Waals surface area contributed by atoms with Crippen molar-refractivity contribution < 1.29 is 198 Å². The molecule has 584 valence electrons. The van der Waals surface area contributed by atoms with Gasteiger partial charge < -0.3 is 198 Å². The summed E-state index contributed by atoms with van der Waals surface area (Å²) in [6.07, 6.45) is -6.55. The molecule has 0 radical (unpaired) electrons. The average Bonchev–Trinajstić information content (AvgIpc) is 0.949. The standard InChI is InChI=1S/C15H32O10.C10H22O7.C6H12O6.2C6H14O3.C5H12O4.C5H12O3.C3H8O3/c16-1-13(2-17,3-18)9-24-11-15(7-22,8-23)12-25-10-14(4-19,5-20)6-21;11-1-9(2-12,3-13)7-17-8-10(4-14,5-15)6-16;7-1-3(9)5(11)6(12)4(10)2-8;1-6(9,2-4-7)3-5-8;1-2-6(3-7,4-8)5-9;6-1-5(2-7,3-8)4-9;1-5(2-6,3-7)4-8;4-1-3(6)2-5/h16-23H,1-12H2;11-16H,1-8H2;1,3-6,8-12H,2H2;2*7-9H,2-5H2,1H3;6-9H,1-4H2;6-8H,2-4H2,1H3;3-6H,1-2H2/t;;3-,4+,5+,6+;;;;;/m..0...../s1. The van der Waals surface area contributed by atoms with Crippen LogP contribution in [-0.4, -0.2) is 452 Å². The molecule has 35 N–H and O–H groups in total. The Labute approximate surface area is 553 Å². The molecule has 0 bridgehead atoms. The fraction of sp³-hybridized carbons (Fsp3) is 0.982. The maximum absolute atomic E-state index is 9.90. The molecule has 0 aromatic heterocycles. The SMILES string of the molecule is CC(CO)(CO)CO.CC(O)(CCO)CCO.CCC(CO)(CO)CO.O=C[C@H](O)[C@@H](O)[C@H](O)[C@H](O)CO.OCC(CO)(CO)CO.OCC(CO)(CO)COCC(CO)(CO)CO.OCC(CO)(CO)COCC(CO)(CO)COCC(CO)(CO)CO.OCC(O)CO. The molecule has 4 atom stereocenters. The Bertz CT molecular complexity index is 1420. The largest absolute Gasteiger partial charge is 0.396 e. The van der Waals surface area contributed by atoms with E-state index in [1.807, 2.05) is 6.92 Å². The zero-order valence-corrected chi connectivity index (χ0v) is 55.1. The number of hydrogen-bond acceptors (Lipinski definition) is 39. The van der Waals surface area contributed by atoms with E-state index in [1.54, 1.807) is 13.8 Å². The van der Waals surface area contributed by atoms with Gasteiger partial charge in [0.2, 0.25) is 0 Å². The van der Waals surface area contributed by atoms with E-state index < -0.39 is 205 Å². The number of hydrogen-bond donors (Lipinski definition) is 35. The van der Waals surface area contributed by atoms with Crippen LogP contribution in [0.5, 0.6) is 0 Å². The summed E-state index contributed by atoms with van der Waals surface area (Å²) >= 11 is 0. The Morgan fingerprint density at radius 3 is 0.642 bits per heavy atom. The number of ether oxygens (including phenoxy) is 3. The quantitative estimate of drug-likeness (QED) is 0.0252. The molecule has 39 nitrogen and oxygen atoms in total. The second-order valence-corrected chi connectivity index (χ2v) is 23.8. The Hall–Kier alpha value is -1.85. The van der Waals surface area contributed by atoms with Gasteiger partial charge in [-0.1, -0.05) is 13.8 Å². The Kier molecular flexibility index (Phi) is 73.8. The molecular formula is C56H126O39. The minimum atomic E-state index is -1.79. The van der Waals surface area contributed by atoms with Crippen LogP contribution in [0.15, 0.2) is 0 Å². The molecule has 0 saturated heterocycles. The molecule has 0 spiro atoms. The third-order valence-electron chi connectivity index (χ3n) is 14.5. The Morgan fingerprint density at radius 2 is 0.526 bits per heavy atom. The molecule has 95 heavy (non-hydrogen) atoms. The fourth-order valence-corrected chi connectivity index (χ4v) is 5.09. The van der Waals surface area contributed by atoms with E-state index >= 15 is 0 Å².